The number of nitriles is 1. The molecule has 120 valence electrons. The summed E-state index contributed by atoms with van der Waals surface area (Å²) in [6, 6.07) is 4.17. The number of likely N-dealkylation sites (N-methyl/N-ethyl adjacent to an activating group) is 1. The lowest BCUT2D eigenvalue weighted by molar-refractivity contribution is -0.131. The first kappa shape index (κ1) is 15.7. The lowest BCUT2D eigenvalue weighted by atomic mass is 9.92. The Labute approximate surface area is 139 Å². The molecule has 3 heterocycles. The number of fused-ring (bicyclic) bond motifs is 1. The predicted molar refractivity (Wildman–Crippen MR) is 90.2 cm³/mol. The number of hydrogen-bond donors (Lipinski definition) is 0. The number of likely N-dealkylation sites (tertiary alicyclic amines) is 1. The minimum Gasteiger partial charge on any atom is -0.354 e. The number of nitrogens with zero attached hydrogens (tertiary/aromatic N) is 5. The van der Waals surface area contributed by atoms with Crippen molar-refractivity contribution in [3.8, 4) is 6.07 Å². The summed E-state index contributed by atoms with van der Waals surface area (Å²) in [4.78, 5) is 25.7. The first-order valence-corrected chi connectivity index (χ1v) is 8.55. The van der Waals surface area contributed by atoms with Crippen molar-refractivity contribution >= 4 is 33.3 Å². The van der Waals surface area contributed by atoms with Gasteiger partial charge in [0.25, 0.3) is 0 Å². The van der Waals surface area contributed by atoms with E-state index in [9.17, 15) is 4.79 Å². The van der Waals surface area contributed by atoms with Crippen molar-refractivity contribution < 1.29 is 4.79 Å². The van der Waals surface area contributed by atoms with Crippen LogP contribution in [0, 0.1) is 17.2 Å². The number of amides is 1. The first-order valence-electron chi connectivity index (χ1n) is 7.67. The fraction of sp³-hybridized carbons (Fsp3) is 0.500. The molecule has 6 nitrogen and oxygen atoms in total. The van der Waals surface area contributed by atoms with Gasteiger partial charge in [-0.2, -0.15) is 5.26 Å². The lowest BCUT2D eigenvalue weighted by Gasteiger charge is -2.42. The van der Waals surface area contributed by atoms with Gasteiger partial charge in [-0.25, -0.2) is 9.97 Å². The van der Waals surface area contributed by atoms with Crippen molar-refractivity contribution in [2.45, 2.75) is 25.8 Å². The third kappa shape index (κ3) is 2.99. The predicted octanol–water partition coefficient (Wildman–Crippen LogP) is 2.28. The van der Waals surface area contributed by atoms with Gasteiger partial charge in [0, 0.05) is 20.1 Å². The minimum atomic E-state index is -0.0823. The average molecular weight is 329 g/mol. The molecule has 0 saturated carbocycles. The van der Waals surface area contributed by atoms with Crippen LogP contribution < -0.4 is 4.90 Å². The van der Waals surface area contributed by atoms with Gasteiger partial charge >= 0.3 is 0 Å². The molecule has 3 rings (SSSR count). The highest BCUT2D eigenvalue weighted by atomic mass is 32.1. The molecular formula is C16H19N5OS. The number of rotatable bonds is 3. The Hall–Kier alpha value is -2.20. The number of carbonyl (C=O) groups is 1. The van der Waals surface area contributed by atoms with Crippen LogP contribution in [0.25, 0.3) is 10.2 Å². The second-order valence-electron chi connectivity index (χ2n) is 5.96. The molecule has 1 fully saturated rings. The maximum atomic E-state index is 12.0. The molecule has 2 unspecified atom stereocenters. The molecule has 0 bridgehead atoms. The van der Waals surface area contributed by atoms with Crippen LogP contribution in [0.3, 0.4) is 0 Å². The zero-order valence-corrected chi connectivity index (χ0v) is 14.1. The summed E-state index contributed by atoms with van der Waals surface area (Å²) in [5.74, 6) is 1.28. The van der Waals surface area contributed by atoms with Crippen LogP contribution in [-0.4, -0.2) is 47.0 Å². The summed E-state index contributed by atoms with van der Waals surface area (Å²) in [5.41, 5.74) is 0. The van der Waals surface area contributed by atoms with Gasteiger partial charge in [-0.3, -0.25) is 4.79 Å². The van der Waals surface area contributed by atoms with Crippen LogP contribution in [0.1, 0.15) is 19.8 Å². The second kappa shape index (κ2) is 6.50. The molecule has 0 spiro atoms. The maximum absolute atomic E-state index is 12.0. The first-order chi connectivity index (χ1) is 11.1. The Morgan fingerprint density at radius 3 is 3.17 bits per heavy atom. The largest absolute Gasteiger partial charge is 0.354 e. The van der Waals surface area contributed by atoms with E-state index in [-0.39, 0.29) is 18.4 Å². The third-order valence-corrected chi connectivity index (χ3v) is 5.39. The summed E-state index contributed by atoms with van der Waals surface area (Å²) in [7, 11) is 2.03. The Bertz CT molecular complexity index is 752. The van der Waals surface area contributed by atoms with Crippen LogP contribution in [0.15, 0.2) is 17.8 Å². The van der Waals surface area contributed by atoms with E-state index >= 15 is 0 Å². The van der Waals surface area contributed by atoms with Crippen molar-refractivity contribution in [1.82, 2.24) is 14.9 Å². The van der Waals surface area contributed by atoms with E-state index < -0.39 is 0 Å². The van der Waals surface area contributed by atoms with Gasteiger partial charge in [0.1, 0.15) is 23.4 Å². The molecule has 1 aliphatic rings. The van der Waals surface area contributed by atoms with E-state index in [2.05, 4.69) is 21.8 Å². The normalized spacial score (nSPS) is 21.2. The van der Waals surface area contributed by atoms with E-state index in [1.807, 2.05) is 24.6 Å². The van der Waals surface area contributed by atoms with Gasteiger partial charge in [0.15, 0.2) is 0 Å². The molecule has 1 amide bonds. The second-order valence-corrected chi connectivity index (χ2v) is 6.85. The molecule has 0 aliphatic carbocycles. The highest BCUT2D eigenvalue weighted by molar-refractivity contribution is 7.16. The Morgan fingerprint density at radius 2 is 2.39 bits per heavy atom. The lowest BCUT2D eigenvalue weighted by Crippen LogP contribution is -2.52. The molecule has 2 aromatic rings. The quantitative estimate of drug-likeness (QED) is 0.864. The number of carbonyl (C=O) groups excluding carboxylic acids is 1. The summed E-state index contributed by atoms with van der Waals surface area (Å²) < 4.78 is 0. The summed E-state index contributed by atoms with van der Waals surface area (Å²) >= 11 is 1.60. The number of anilines is 1. The molecular weight excluding hydrogens is 310 g/mol. The van der Waals surface area contributed by atoms with Crippen LogP contribution >= 0.6 is 11.3 Å². The molecule has 1 aliphatic heterocycles. The van der Waals surface area contributed by atoms with Crippen LogP contribution in [0.2, 0.25) is 0 Å². The number of piperidine rings is 1. The van der Waals surface area contributed by atoms with Crippen molar-refractivity contribution in [3.05, 3.63) is 17.8 Å². The fourth-order valence-electron chi connectivity index (χ4n) is 3.17. The molecule has 0 N–H and O–H groups in total. The highest BCUT2D eigenvalue weighted by Crippen LogP contribution is 2.30. The van der Waals surface area contributed by atoms with Crippen LogP contribution in [0.4, 0.5) is 5.82 Å². The summed E-state index contributed by atoms with van der Waals surface area (Å²) in [6.07, 6.45) is 2.48. The molecule has 1 saturated heterocycles. The molecule has 23 heavy (non-hydrogen) atoms. The standard InChI is InChI=1S/C16H19N5OS/c1-11-4-7-21(14(22)3-6-17)9-13(11)20(2)15-12-5-8-23-16(12)19-10-18-15/h5,8,10-11,13H,3-4,7,9H2,1-2H3. The van der Waals surface area contributed by atoms with Gasteiger partial charge in [0.2, 0.25) is 5.91 Å². The van der Waals surface area contributed by atoms with Gasteiger partial charge in [0.05, 0.1) is 17.5 Å². The summed E-state index contributed by atoms with van der Waals surface area (Å²) in [6.45, 7) is 3.57. The van der Waals surface area contributed by atoms with Crippen LogP contribution in [0.5, 0.6) is 0 Å². The number of thiophene rings is 1. The monoisotopic (exact) mass is 329 g/mol. The molecule has 2 atom stereocenters. The fourth-order valence-corrected chi connectivity index (χ4v) is 3.90. The van der Waals surface area contributed by atoms with Gasteiger partial charge < -0.3 is 9.80 Å². The SMILES string of the molecule is CC1CCN(C(=O)CC#N)CC1N(C)c1ncnc2sccc12. The van der Waals surface area contributed by atoms with Gasteiger partial charge in [-0.15, -0.1) is 11.3 Å². The summed E-state index contributed by atoms with van der Waals surface area (Å²) in [5, 5.41) is 11.8. The van der Waals surface area contributed by atoms with Crippen molar-refractivity contribution in [3.63, 3.8) is 0 Å². The molecule has 7 heteroatoms. The molecule has 2 aromatic heterocycles. The van der Waals surface area contributed by atoms with Crippen LogP contribution in [-0.2, 0) is 4.79 Å². The highest BCUT2D eigenvalue weighted by Gasteiger charge is 2.32. The Morgan fingerprint density at radius 1 is 1.57 bits per heavy atom. The van der Waals surface area contributed by atoms with E-state index in [0.29, 0.717) is 12.5 Å². The third-order valence-electron chi connectivity index (χ3n) is 4.57. The Kier molecular flexibility index (Phi) is 4.44. The van der Waals surface area contributed by atoms with E-state index in [1.165, 1.54) is 0 Å². The van der Waals surface area contributed by atoms with Gasteiger partial charge in [-0.05, 0) is 23.8 Å². The maximum Gasteiger partial charge on any atom is 0.236 e. The van der Waals surface area contributed by atoms with Crippen molar-refractivity contribution in [1.29, 1.82) is 5.26 Å². The van der Waals surface area contributed by atoms with Crippen molar-refractivity contribution in [2.24, 2.45) is 5.92 Å². The number of hydrogen-bond acceptors (Lipinski definition) is 6. The van der Waals surface area contributed by atoms with Gasteiger partial charge in [-0.1, -0.05) is 6.92 Å². The minimum absolute atomic E-state index is 0.0485. The zero-order valence-electron chi connectivity index (χ0n) is 13.3. The van der Waals surface area contributed by atoms with Crippen molar-refractivity contribution in [2.75, 3.05) is 25.0 Å². The molecule has 0 radical (unpaired) electrons. The smallest absolute Gasteiger partial charge is 0.236 e. The Balaban J connectivity index is 1.85. The van der Waals surface area contributed by atoms with E-state index in [1.54, 1.807) is 22.6 Å². The average Bonchev–Trinajstić information content (AvgIpc) is 3.03. The molecule has 0 aromatic carbocycles. The number of aromatic nitrogens is 2. The van der Waals surface area contributed by atoms with E-state index in [0.717, 1.165) is 29.0 Å². The van der Waals surface area contributed by atoms with E-state index in [4.69, 9.17) is 5.26 Å². The zero-order chi connectivity index (χ0) is 16.4. The topological polar surface area (TPSA) is 73.1 Å².